The van der Waals surface area contributed by atoms with Crippen molar-refractivity contribution in [2.75, 3.05) is 25.1 Å². The fourth-order valence-corrected chi connectivity index (χ4v) is 2.92. The fourth-order valence-electron chi connectivity index (χ4n) is 1.50. The lowest BCUT2D eigenvalue weighted by atomic mass is 9.90. The third kappa shape index (κ3) is 2.34. The zero-order valence-electron chi connectivity index (χ0n) is 7.19. The number of rotatable bonds is 3. The van der Waals surface area contributed by atoms with E-state index in [1.54, 1.807) is 14.0 Å². The van der Waals surface area contributed by atoms with Gasteiger partial charge in [0.2, 0.25) is 0 Å². The Morgan fingerprint density at radius 3 is 2.91 bits per heavy atom. The minimum absolute atomic E-state index is 0.264. The van der Waals surface area contributed by atoms with E-state index in [9.17, 15) is 4.39 Å². The van der Waals surface area contributed by atoms with Crippen LogP contribution in [0.3, 0.4) is 0 Å². The van der Waals surface area contributed by atoms with Crippen LogP contribution >= 0.6 is 11.8 Å². The predicted octanol–water partition coefficient (Wildman–Crippen LogP) is 1.69. The van der Waals surface area contributed by atoms with E-state index < -0.39 is 5.67 Å². The molecule has 1 heterocycles. The minimum Gasteiger partial charge on any atom is -0.317 e. The lowest BCUT2D eigenvalue weighted by molar-refractivity contribution is 0.118. The zero-order valence-corrected chi connectivity index (χ0v) is 8.01. The summed E-state index contributed by atoms with van der Waals surface area (Å²) in [6, 6.07) is 0. The molecule has 1 aliphatic rings. The van der Waals surface area contributed by atoms with Crippen LogP contribution in [-0.4, -0.2) is 30.8 Å². The highest BCUT2D eigenvalue weighted by molar-refractivity contribution is 7.99. The van der Waals surface area contributed by atoms with Crippen molar-refractivity contribution in [2.24, 2.45) is 5.92 Å². The first-order chi connectivity index (χ1) is 5.17. The number of hydrogen-bond acceptors (Lipinski definition) is 2. The van der Waals surface area contributed by atoms with Gasteiger partial charge in [-0.3, -0.25) is 0 Å². The Hall–Kier alpha value is 0.240. The average molecular weight is 177 g/mol. The first-order valence-electron chi connectivity index (χ1n) is 4.08. The van der Waals surface area contributed by atoms with Gasteiger partial charge in [0.15, 0.2) is 0 Å². The Labute approximate surface area is 72.1 Å². The molecular weight excluding hydrogens is 161 g/mol. The quantitative estimate of drug-likeness (QED) is 0.704. The van der Waals surface area contributed by atoms with Crippen LogP contribution in [0.4, 0.5) is 4.39 Å². The van der Waals surface area contributed by atoms with Gasteiger partial charge in [-0.1, -0.05) is 0 Å². The zero-order chi connectivity index (χ0) is 8.32. The maximum atomic E-state index is 13.7. The van der Waals surface area contributed by atoms with E-state index in [4.69, 9.17) is 0 Å². The van der Waals surface area contributed by atoms with E-state index in [1.807, 2.05) is 11.8 Å². The molecule has 0 aromatic heterocycles. The van der Waals surface area contributed by atoms with E-state index in [1.165, 1.54) is 0 Å². The van der Waals surface area contributed by atoms with Gasteiger partial charge in [0.1, 0.15) is 5.67 Å². The van der Waals surface area contributed by atoms with Gasteiger partial charge in [-0.15, -0.1) is 0 Å². The molecule has 1 N–H and O–H groups in total. The molecular formula is C8H16FNS. The van der Waals surface area contributed by atoms with Crippen molar-refractivity contribution in [3.05, 3.63) is 0 Å². The highest BCUT2D eigenvalue weighted by Crippen LogP contribution is 2.34. The van der Waals surface area contributed by atoms with Crippen LogP contribution in [0.1, 0.15) is 13.3 Å². The maximum Gasteiger partial charge on any atom is 0.124 e. The summed E-state index contributed by atoms with van der Waals surface area (Å²) in [6.07, 6.45) is 1.04. The molecule has 0 aromatic carbocycles. The van der Waals surface area contributed by atoms with Crippen molar-refractivity contribution in [1.82, 2.24) is 5.32 Å². The summed E-state index contributed by atoms with van der Waals surface area (Å²) in [5.41, 5.74) is -1.00. The van der Waals surface area contributed by atoms with Crippen LogP contribution in [0.15, 0.2) is 0 Å². The summed E-state index contributed by atoms with van der Waals surface area (Å²) in [5.74, 6) is 2.39. The van der Waals surface area contributed by atoms with E-state index >= 15 is 0 Å². The Kier molecular flexibility index (Phi) is 3.19. The van der Waals surface area contributed by atoms with Gasteiger partial charge in [0.05, 0.1) is 0 Å². The van der Waals surface area contributed by atoms with Gasteiger partial charge in [-0.2, -0.15) is 11.8 Å². The molecule has 0 amide bonds. The Morgan fingerprint density at radius 2 is 2.45 bits per heavy atom. The molecule has 1 fully saturated rings. The Morgan fingerprint density at radius 1 is 1.73 bits per heavy atom. The molecule has 11 heavy (non-hydrogen) atoms. The molecule has 1 saturated heterocycles. The molecule has 3 heteroatoms. The molecule has 0 saturated carbocycles. The average Bonchev–Trinajstić information content (AvgIpc) is 2.37. The van der Waals surface area contributed by atoms with Gasteiger partial charge in [0.25, 0.3) is 0 Å². The molecule has 2 atom stereocenters. The van der Waals surface area contributed by atoms with E-state index in [2.05, 4.69) is 5.32 Å². The van der Waals surface area contributed by atoms with E-state index in [-0.39, 0.29) is 5.92 Å². The Balaban J connectivity index is 2.41. The van der Waals surface area contributed by atoms with Crippen molar-refractivity contribution in [3.63, 3.8) is 0 Å². The van der Waals surface area contributed by atoms with Crippen LogP contribution in [0, 0.1) is 5.92 Å². The monoisotopic (exact) mass is 177 g/mol. The minimum atomic E-state index is -1.00. The highest BCUT2D eigenvalue weighted by Gasteiger charge is 2.35. The van der Waals surface area contributed by atoms with Crippen molar-refractivity contribution < 1.29 is 4.39 Å². The SMILES string of the molecule is CNCC(C)(F)C1CCSC1. The standard InChI is InChI=1S/C8H16FNS/c1-8(9,6-10-2)7-3-4-11-5-7/h7,10H,3-6H2,1-2H3. The van der Waals surface area contributed by atoms with Gasteiger partial charge < -0.3 is 5.32 Å². The summed E-state index contributed by atoms with van der Waals surface area (Å²) in [7, 11) is 1.81. The topological polar surface area (TPSA) is 12.0 Å². The van der Waals surface area contributed by atoms with Gasteiger partial charge in [-0.05, 0) is 31.9 Å². The second-order valence-corrected chi connectivity index (χ2v) is 4.52. The van der Waals surface area contributed by atoms with Gasteiger partial charge in [-0.25, -0.2) is 4.39 Å². The summed E-state index contributed by atoms with van der Waals surface area (Å²) in [4.78, 5) is 0. The number of thioether (sulfide) groups is 1. The number of halogens is 1. The number of hydrogen-bond donors (Lipinski definition) is 1. The van der Waals surface area contributed by atoms with Crippen LogP contribution in [0.25, 0.3) is 0 Å². The second-order valence-electron chi connectivity index (χ2n) is 3.37. The van der Waals surface area contributed by atoms with E-state index in [0.717, 1.165) is 17.9 Å². The third-order valence-electron chi connectivity index (χ3n) is 2.30. The van der Waals surface area contributed by atoms with E-state index in [0.29, 0.717) is 6.54 Å². The van der Waals surface area contributed by atoms with Gasteiger partial charge in [0, 0.05) is 12.5 Å². The number of nitrogens with one attached hydrogen (secondary N) is 1. The molecule has 1 rings (SSSR count). The summed E-state index contributed by atoms with van der Waals surface area (Å²) in [5, 5.41) is 2.90. The van der Waals surface area contributed by atoms with Crippen LogP contribution < -0.4 is 5.32 Å². The molecule has 2 unspecified atom stereocenters. The van der Waals surface area contributed by atoms with Crippen LogP contribution in [0.5, 0.6) is 0 Å². The molecule has 0 spiro atoms. The molecule has 1 aliphatic heterocycles. The smallest absolute Gasteiger partial charge is 0.124 e. The highest BCUT2D eigenvalue weighted by atomic mass is 32.2. The maximum absolute atomic E-state index is 13.7. The first-order valence-corrected chi connectivity index (χ1v) is 5.23. The summed E-state index contributed by atoms with van der Waals surface area (Å²) < 4.78 is 13.7. The van der Waals surface area contributed by atoms with Crippen molar-refractivity contribution in [2.45, 2.75) is 19.0 Å². The lowest BCUT2D eigenvalue weighted by Gasteiger charge is -2.26. The molecule has 0 aromatic rings. The van der Waals surface area contributed by atoms with Crippen LogP contribution in [0.2, 0.25) is 0 Å². The van der Waals surface area contributed by atoms with Crippen LogP contribution in [-0.2, 0) is 0 Å². The summed E-state index contributed by atoms with van der Waals surface area (Å²) in [6.45, 7) is 2.19. The lowest BCUT2D eigenvalue weighted by Crippen LogP contribution is -2.39. The van der Waals surface area contributed by atoms with Crippen molar-refractivity contribution in [1.29, 1.82) is 0 Å². The normalized spacial score (nSPS) is 30.3. The largest absolute Gasteiger partial charge is 0.317 e. The predicted molar refractivity (Wildman–Crippen MR) is 48.9 cm³/mol. The second kappa shape index (κ2) is 3.76. The third-order valence-corrected chi connectivity index (χ3v) is 3.47. The number of alkyl halides is 1. The van der Waals surface area contributed by atoms with Gasteiger partial charge >= 0.3 is 0 Å². The molecule has 0 bridgehead atoms. The molecule has 66 valence electrons. The van der Waals surface area contributed by atoms with Crippen molar-refractivity contribution in [3.8, 4) is 0 Å². The fraction of sp³-hybridized carbons (Fsp3) is 1.00. The molecule has 0 aliphatic carbocycles. The first kappa shape index (κ1) is 9.33. The summed E-state index contributed by atoms with van der Waals surface area (Å²) >= 11 is 1.87. The van der Waals surface area contributed by atoms with Crippen molar-refractivity contribution >= 4 is 11.8 Å². The molecule has 0 radical (unpaired) electrons. The Bertz CT molecular complexity index is 121. The molecule has 1 nitrogen and oxygen atoms in total.